The maximum absolute atomic E-state index is 12.3. The van der Waals surface area contributed by atoms with Gasteiger partial charge < -0.3 is 9.72 Å². The van der Waals surface area contributed by atoms with E-state index in [0.29, 0.717) is 16.9 Å². The summed E-state index contributed by atoms with van der Waals surface area (Å²) in [4.78, 5) is 19.4. The van der Waals surface area contributed by atoms with Crippen LogP contribution in [-0.4, -0.2) is 15.9 Å². The molecular formula is C21H13N3O2. The van der Waals surface area contributed by atoms with Crippen molar-refractivity contribution in [2.24, 2.45) is 0 Å². The molecule has 3 aromatic carbocycles. The predicted molar refractivity (Wildman–Crippen MR) is 97.6 cm³/mol. The number of aromatic nitrogens is 2. The zero-order valence-corrected chi connectivity index (χ0v) is 13.6. The second-order valence-electron chi connectivity index (χ2n) is 5.74. The summed E-state index contributed by atoms with van der Waals surface area (Å²) in [5.41, 5.74) is 4.63. The van der Waals surface area contributed by atoms with E-state index < -0.39 is 5.97 Å². The molecule has 1 heterocycles. The zero-order chi connectivity index (χ0) is 17.9. The van der Waals surface area contributed by atoms with Gasteiger partial charge in [-0.25, -0.2) is 9.78 Å². The number of rotatable bonds is 3. The number of benzene rings is 3. The van der Waals surface area contributed by atoms with Crippen molar-refractivity contribution >= 4 is 17.0 Å². The number of nitriles is 1. The predicted octanol–water partition coefficient (Wildman–Crippen LogP) is 4.32. The van der Waals surface area contributed by atoms with Crippen LogP contribution in [0, 0.1) is 11.3 Å². The van der Waals surface area contributed by atoms with Crippen LogP contribution in [0.15, 0.2) is 73.1 Å². The van der Waals surface area contributed by atoms with Crippen LogP contribution in [0.5, 0.6) is 5.75 Å². The highest BCUT2D eigenvalue weighted by atomic mass is 16.5. The lowest BCUT2D eigenvalue weighted by Gasteiger charge is -2.06. The first kappa shape index (κ1) is 15.6. The van der Waals surface area contributed by atoms with Gasteiger partial charge in [-0.1, -0.05) is 24.3 Å². The van der Waals surface area contributed by atoms with Crippen LogP contribution < -0.4 is 4.74 Å². The van der Waals surface area contributed by atoms with Crippen LogP contribution >= 0.6 is 0 Å². The van der Waals surface area contributed by atoms with Gasteiger partial charge in [-0.15, -0.1) is 0 Å². The molecule has 0 amide bonds. The summed E-state index contributed by atoms with van der Waals surface area (Å²) in [6.45, 7) is 0. The molecule has 0 aliphatic carbocycles. The lowest BCUT2D eigenvalue weighted by atomic mass is 10.0. The molecule has 0 aliphatic rings. The number of H-pyrrole nitrogens is 1. The second kappa shape index (κ2) is 6.54. The average Bonchev–Trinajstić information content (AvgIpc) is 3.16. The SMILES string of the molecule is N#Cc1ccc(-c2ccc(OC(=O)c3ccc4nc[nH]c4c3)cc2)cc1. The van der Waals surface area contributed by atoms with Crippen molar-refractivity contribution in [2.75, 3.05) is 0 Å². The molecule has 0 unspecified atom stereocenters. The quantitative estimate of drug-likeness (QED) is 0.445. The van der Waals surface area contributed by atoms with E-state index in [9.17, 15) is 4.79 Å². The fourth-order valence-electron chi connectivity index (χ4n) is 2.68. The van der Waals surface area contributed by atoms with Crippen molar-refractivity contribution in [3.05, 3.63) is 84.2 Å². The summed E-state index contributed by atoms with van der Waals surface area (Å²) in [5, 5.41) is 8.86. The first-order valence-corrected chi connectivity index (χ1v) is 7.99. The Morgan fingerprint density at radius 2 is 1.65 bits per heavy atom. The van der Waals surface area contributed by atoms with E-state index >= 15 is 0 Å². The van der Waals surface area contributed by atoms with Gasteiger partial charge in [0, 0.05) is 0 Å². The average molecular weight is 339 g/mol. The monoisotopic (exact) mass is 339 g/mol. The molecule has 0 bridgehead atoms. The van der Waals surface area contributed by atoms with Crippen LogP contribution in [0.3, 0.4) is 0 Å². The second-order valence-corrected chi connectivity index (χ2v) is 5.74. The molecule has 0 saturated carbocycles. The highest BCUT2D eigenvalue weighted by Crippen LogP contribution is 2.23. The lowest BCUT2D eigenvalue weighted by Crippen LogP contribution is -2.08. The van der Waals surface area contributed by atoms with Gasteiger partial charge in [0.25, 0.3) is 0 Å². The summed E-state index contributed by atoms with van der Waals surface area (Å²) < 4.78 is 5.44. The third-order valence-electron chi connectivity index (χ3n) is 4.07. The molecule has 0 aliphatic heterocycles. The number of carbonyl (C=O) groups is 1. The van der Waals surface area contributed by atoms with E-state index in [1.165, 1.54) is 0 Å². The van der Waals surface area contributed by atoms with Gasteiger partial charge in [-0.3, -0.25) is 0 Å². The molecule has 0 atom stereocenters. The van der Waals surface area contributed by atoms with E-state index in [2.05, 4.69) is 16.0 Å². The molecule has 4 aromatic rings. The Balaban J connectivity index is 1.51. The molecule has 0 fully saturated rings. The number of nitrogens with zero attached hydrogens (tertiary/aromatic N) is 2. The Labute approximate surface area is 149 Å². The van der Waals surface area contributed by atoms with Crippen LogP contribution in [0.2, 0.25) is 0 Å². The number of hydrogen-bond donors (Lipinski definition) is 1. The molecule has 4 rings (SSSR count). The van der Waals surface area contributed by atoms with Gasteiger partial charge in [0.15, 0.2) is 0 Å². The number of aromatic amines is 1. The number of hydrogen-bond acceptors (Lipinski definition) is 4. The molecule has 5 nitrogen and oxygen atoms in total. The van der Waals surface area contributed by atoms with E-state index in [1.54, 1.807) is 48.8 Å². The topological polar surface area (TPSA) is 78.8 Å². The highest BCUT2D eigenvalue weighted by molar-refractivity contribution is 5.94. The molecule has 1 N–H and O–H groups in total. The van der Waals surface area contributed by atoms with Crippen LogP contribution in [0.25, 0.3) is 22.2 Å². The number of nitrogens with one attached hydrogen (secondary N) is 1. The number of carbonyl (C=O) groups excluding carboxylic acids is 1. The van der Waals surface area contributed by atoms with Crippen molar-refractivity contribution in [1.82, 2.24) is 9.97 Å². The third-order valence-corrected chi connectivity index (χ3v) is 4.07. The van der Waals surface area contributed by atoms with E-state index in [0.717, 1.165) is 22.2 Å². The summed E-state index contributed by atoms with van der Waals surface area (Å²) in [7, 11) is 0. The highest BCUT2D eigenvalue weighted by Gasteiger charge is 2.10. The van der Waals surface area contributed by atoms with E-state index in [4.69, 9.17) is 10.00 Å². The van der Waals surface area contributed by atoms with Crippen LogP contribution in [0.1, 0.15) is 15.9 Å². The molecular weight excluding hydrogens is 326 g/mol. The fourth-order valence-corrected chi connectivity index (χ4v) is 2.68. The molecule has 0 saturated heterocycles. The molecule has 0 spiro atoms. The van der Waals surface area contributed by atoms with Gasteiger partial charge in [0.05, 0.1) is 34.6 Å². The maximum Gasteiger partial charge on any atom is 0.343 e. The Hall–Kier alpha value is -3.91. The smallest absolute Gasteiger partial charge is 0.343 e. The minimum Gasteiger partial charge on any atom is -0.423 e. The first-order chi connectivity index (χ1) is 12.7. The van der Waals surface area contributed by atoms with Gasteiger partial charge in [0.1, 0.15) is 5.75 Å². The normalized spacial score (nSPS) is 10.4. The van der Waals surface area contributed by atoms with Crippen LogP contribution in [-0.2, 0) is 0 Å². The summed E-state index contributed by atoms with van der Waals surface area (Å²) in [6.07, 6.45) is 1.58. The number of imidazole rings is 1. The Morgan fingerprint density at radius 3 is 2.35 bits per heavy atom. The van der Waals surface area contributed by atoms with Crippen LogP contribution in [0.4, 0.5) is 0 Å². The molecule has 5 heteroatoms. The van der Waals surface area contributed by atoms with Crippen molar-refractivity contribution < 1.29 is 9.53 Å². The number of fused-ring (bicyclic) bond motifs is 1. The largest absolute Gasteiger partial charge is 0.423 e. The van der Waals surface area contributed by atoms with Crippen molar-refractivity contribution in [2.45, 2.75) is 0 Å². The molecule has 1 aromatic heterocycles. The Morgan fingerprint density at radius 1 is 0.962 bits per heavy atom. The van der Waals surface area contributed by atoms with Crippen molar-refractivity contribution in [3.8, 4) is 22.9 Å². The third kappa shape index (κ3) is 3.04. The number of esters is 1. The van der Waals surface area contributed by atoms with E-state index in [1.807, 2.05) is 24.3 Å². The van der Waals surface area contributed by atoms with Gasteiger partial charge in [0.2, 0.25) is 0 Å². The minimum absolute atomic E-state index is 0.423. The maximum atomic E-state index is 12.3. The molecule has 0 radical (unpaired) electrons. The van der Waals surface area contributed by atoms with Crippen molar-refractivity contribution in [1.29, 1.82) is 5.26 Å². The Bertz CT molecular complexity index is 1120. The van der Waals surface area contributed by atoms with E-state index in [-0.39, 0.29) is 0 Å². The Kier molecular flexibility index (Phi) is 3.92. The van der Waals surface area contributed by atoms with Gasteiger partial charge >= 0.3 is 5.97 Å². The zero-order valence-electron chi connectivity index (χ0n) is 13.6. The molecule has 124 valence electrons. The fraction of sp³-hybridized carbons (Fsp3) is 0. The van der Waals surface area contributed by atoms with Gasteiger partial charge in [-0.05, 0) is 53.6 Å². The molecule has 26 heavy (non-hydrogen) atoms. The summed E-state index contributed by atoms with van der Waals surface area (Å²) in [6, 6.07) is 21.9. The van der Waals surface area contributed by atoms with Crippen molar-refractivity contribution in [3.63, 3.8) is 0 Å². The summed E-state index contributed by atoms with van der Waals surface area (Å²) >= 11 is 0. The minimum atomic E-state index is -0.423. The number of ether oxygens (including phenoxy) is 1. The standard InChI is InChI=1S/C21H13N3O2/c22-12-14-1-3-15(4-2-14)16-5-8-18(9-6-16)26-21(25)17-7-10-19-20(11-17)24-13-23-19/h1-11,13H,(H,23,24). The first-order valence-electron chi connectivity index (χ1n) is 7.99. The lowest BCUT2D eigenvalue weighted by molar-refractivity contribution is 0.0735. The van der Waals surface area contributed by atoms with Gasteiger partial charge in [-0.2, -0.15) is 5.26 Å². The summed E-state index contributed by atoms with van der Waals surface area (Å²) in [5.74, 6) is 0.0460.